The Hall–Kier alpha value is -1.94. The number of oxime groups is 1. The van der Waals surface area contributed by atoms with Crippen LogP contribution in [0.2, 0.25) is 5.02 Å². The predicted molar refractivity (Wildman–Crippen MR) is 68.4 cm³/mol. The maximum atomic E-state index is 5.93. The van der Waals surface area contributed by atoms with Crippen molar-refractivity contribution in [2.24, 2.45) is 5.16 Å². The number of hydrogen-bond acceptors (Lipinski definition) is 4. The highest BCUT2D eigenvalue weighted by Crippen LogP contribution is 2.23. The van der Waals surface area contributed by atoms with Crippen LogP contribution in [0.4, 0.5) is 0 Å². The molecular formula is C13H11ClN2O2. The van der Waals surface area contributed by atoms with Gasteiger partial charge in [0.2, 0.25) is 0 Å². The summed E-state index contributed by atoms with van der Waals surface area (Å²) in [6.45, 7) is 1.98. The minimum Gasteiger partial charge on any atom is -0.463 e. The Kier molecular flexibility index (Phi) is 2.72. The molecule has 1 aromatic heterocycles. The smallest absolute Gasteiger partial charge is 0.257 e. The summed E-state index contributed by atoms with van der Waals surface area (Å²) in [6.07, 6.45) is 1.23. The summed E-state index contributed by atoms with van der Waals surface area (Å²) in [5.41, 5.74) is 2.01. The molecule has 0 spiro atoms. The second-order valence-corrected chi connectivity index (χ2v) is 4.48. The topological polar surface area (TPSA) is 46.8 Å². The zero-order valence-corrected chi connectivity index (χ0v) is 10.4. The highest BCUT2D eigenvalue weighted by Gasteiger charge is 2.25. The highest BCUT2D eigenvalue weighted by molar-refractivity contribution is 6.30. The average Bonchev–Trinajstić information content (AvgIpc) is 2.99. The van der Waals surface area contributed by atoms with E-state index in [-0.39, 0.29) is 6.23 Å². The van der Waals surface area contributed by atoms with Gasteiger partial charge in [0, 0.05) is 10.6 Å². The van der Waals surface area contributed by atoms with Crippen molar-refractivity contribution in [3.63, 3.8) is 0 Å². The van der Waals surface area contributed by atoms with Crippen LogP contribution >= 0.6 is 11.6 Å². The SMILES string of the molecule is Cc1cc(Cl)ccc1C1=NOC(c2ccco2)N1. The molecule has 2 heterocycles. The van der Waals surface area contributed by atoms with E-state index in [1.54, 1.807) is 6.26 Å². The average molecular weight is 263 g/mol. The quantitative estimate of drug-likeness (QED) is 0.904. The molecule has 1 N–H and O–H groups in total. The monoisotopic (exact) mass is 262 g/mol. The van der Waals surface area contributed by atoms with Crippen LogP contribution < -0.4 is 5.32 Å². The molecule has 0 bridgehead atoms. The molecule has 0 radical (unpaired) electrons. The van der Waals surface area contributed by atoms with Gasteiger partial charge in [-0.25, -0.2) is 0 Å². The van der Waals surface area contributed by atoms with Gasteiger partial charge in [-0.3, -0.25) is 0 Å². The molecule has 4 nitrogen and oxygen atoms in total. The Morgan fingerprint density at radius 2 is 2.22 bits per heavy atom. The predicted octanol–water partition coefficient (Wildman–Crippen LogP) is 3.22. The lowest BCUT2D eigenvalue weighted by molar-refractivity contribution is 0.0561. The van der Waals surface area contributed by atoms with Crippen LogP contribution in [0.5, 0.6) is 0 Å². The van der Waals surface area contributed by atoms with Crippen molar-refractivity contribution in [1.29, 1.82) is 0 Å². The van der Waals surface area contributed by atoms with Gasteiger partial charge in [-0.05, 0) is 42.8 Å². The van der Waals surface area contributed by atoms with Gasteiger partial charge in [-0.2, -0.15) is 0 Å². The van der Waals surface area contributed by atoms with Gasteiger partial charge >= 0.3 is 0 Å². The molecule has 0 saturated heterocycles. The number of nitrogens with zero attached hydrogens (tertiary/aromatic N) is 1. The third-order valence-corrected chi connectivity index (χ3v) is 3.00. The normalized spacial score (nSPS) is 18.1. The fourth-order valence-electron chi connectivity index (χ4n) is 1.87. The van der Waals surface area contributed by atoms with Crippen molar-refractivity contribution in [2.75, 3.05) is 0 Å². The second-order valence-electron chi connectivity index (χ2n) is 4.04. The van der Waals surface area contributed by atoms with E-state index in [0.717, 1.165) is 11.1 Å². The van der Waals surface area contributed by atoms with Gasteiger partial charge in [-0.15, -0.1) is 0 Å². The van der Waals surface area contributed by atoms with Crippen molar-refractivity contribution < 1.29 is 9.25 Å². The first-order valence-corrected chi connectivity index (χ1v) is 5.92. The second kappa shape index (κ2) is 4.38. The number of aryl methyl sites for hydroxylation is 1. The molecule has 1 aliphatic heterocycles. The van der Waals surface area contributed by atoms with Gasteiger partial charge in [0.05, 0.1) is 6.26 Å². The highest BCUT2D eigenvalue weighted by atomic mass is 35.5. The Bertz CT molecular complexity index is 593. The van der Waals surface area contributed by atoms with E-state index in [4.69, 9.17) is 20.9 Å². The molecular weight excluding hydrogens is 252 g/mol. The summed E-state index contributed by atoms with van der Waals surface area (Å²) in [7, 11) is 0. The van der Waals surface area contributed by atoms with Crippen LogP contribution in [-0.4, -0.2) is 5.84 Å². The molecule has 1 atom stereocenters. The molecule has 92 valence electrons. The first-order valence-electron chi connectivity index (χ1n) is 5.54. The zero-order valence-electron chi connectivity index (χ0n) is 9.68. The van der Waals surface area contributed by atoms with E-state index in [1.807, 2.05) is 37.3 Å². The molecule has 0 aliphatic carbocycles. The van der Waals surface area contributed by atoms with Crippen molar-refractivity contribution in [1.82, 2.24) is 5.32 Å². The number of halogens is 1. The maximum Gasteiger partial charge on any atom is 0.257 e. The molecule has 1 unspecified atom stereocenters. The summed E-state index contributed by atoms with van der Waals surface area (Å²) in [6, 6.07) is 9.28. The molecule has 2 aromatic rings. The summed E-state index contributed by atoms with van der Waals surface area (Å²) in [4.78, 5) is 5.30. The molecule has 0 saturated carbocycles. The summed E-state index contributed by atoms with van der Waals surface area (Å²) in [5, 5.41) is 7.90. The van der Waals surface area contributed by atoms with Crippen LogP contribution in [0.15, 0.2) is 46.2 Å². The molecule has 18 heavy (non-hydrogen) atoms. The number of hydrogen-bond donors (Lipinski definition) is 1. The van der Waals surface area contributed by atoms with E-state index >= 15 is 0 Å². The minimum absolute atomic E-state index is 0.370. The van der Waals surface area contributed by atoms with E-state index < -0.39 is 0 Å². The largest absolute Gasteiger partial charge is 0.463 e. The third kappa shape index (κ3) is 1.95. The summed E-state index contributed by atoms with van der Waals surface area (Å²) in [5.74, 6) is 1.38. The van der Waals surface area contributed by atoms with Gasteiger partial charge in [-0.1, -0.05) is 16.8 Å². The fourth-order valence-corrected chi connectivity index (χ4v) is 2.09. The lowest BCUT2D eigenvalue weighted by atomic mass is 10.1. The Morgan fingerprint density at radius 1 is 1.33 bits per heavy atom. The third-order valence-electron chi connectivity index (χ3n) is 2.76. The number of furan rings is 1. The van der Waals surface area contributed by atoms with Crippen LogP contribution in [0.3, 0.4) is 0 Å². The lowest BCUT2D eigenvalue weighted by Crippen LogP contribution is -2.23. The van der Waals surface area contributed by atoms with Crippen molar-refractivity contribution in [3.8, 4) is 0 Å². The van der Waals surface area contributed by atoms with E-state index in [9.17, 15) is 0 Å². The van der Waals surface area contributed by atoms with Gasteiger partial charge in [0.25, 0.3) is 6.23 Å². The van der Waals surface area contributed by atoms with Crippen molar-refractivity contribution in [3.05, 3.63) is 58.5 Å². The molecule has 5 heteroatoms. The Morgan fingerprint density at radius 3 is 2.94 bits per heavy atom. The van der Waals surface area contributed by atoms with Crippen molar-refractivity contribution >= 4 is 17.4 Å². The number of benzene rings is 1. The van der Waals surface area contributed by atoms with Crippen LogP contribution in [0.25, 0.3) is 0 Å². The van der Waals surface area contributed by atoms with Crippen LogP contribution in [0, 0.1) is 6.92 Å². The van der Waals surface area contributed by atoms with Crippen molar-refractivity contribution in [2.45, 2.75) is 13.2 Å². The van der Waals surface area contributed by atoms with E-state index in [2.05, 4.69) is 10.5 Å². The first-order chi connectivity index (χ1) is 8.74. The number of amidine groups is 1. The van der Waals surface area contributed by atoms with Gasteiger partial charge in [0.15, 0.2) is 11.6 Å². The van der Waals surface area contributed by atoms with Gasteiger partial charge < -0.3 is 14.6 Å². The Balaban J connectivity index is 1.83. The van der Waals surface area contributed by atoms with Crippen LogP contribution in [0.1, 0.15) is 23.1 Å². The van der Waals surface area contributed by atoms with Crippen LogP contribution in [-0.2, 0) is 4.84 Å². The molecule has 0 amide bonds. The first kappa shape index (κ1) is 11.2. The van der Waals surface area contributed by atoms with Gasteiger partial charge in [0.1, 0.15) is 0 Å². The molecule has 0 fully saturated rings. The van der Waals surface area contributed by atoms with E-state index in [0.29, 0.717) is 16.6 Å². The lowest BCUT2D eigenvalue weighted by Gasteiger charge is -2.08. The zero-order chi connectivity index (χ0) is 12.5. The minimum atomic E-state index is -0.370. The standard InChI is InChI=1S/C13H11ClN2O2/c1-8-7-9(14)4-5-10(8)12-15-13(18-16-12)11-3-2-6-17-11/h2-7,13H,1H3,(H,15,16). The Labute approximate surface area is 109 Å². The molecule has 1 aromatic carbocycles. The fraction of sp³-hybridized carbons (Fsp3) is 0.154. The molecule has 1 aliphatic rings. The summed E-state index contributed by atoms with van der Waals surface area (Å²) < 4.78 is 5.27. The number of rotatable bonds is 2. The molecule has 3 rings (SSSR count). The number of nitrogens with one attached hydrogen (secondary N) is 1. The van der Waals surface area contributed by atoms with E-state index in [1.165, 1.54) is 0 Å². The maximum absolute atomic E-state index is 5.93. The summed E-state index contributed by atoms with van der Waals surface area (Å²) >= 11 is 5.93.